The lowest BCUT2D eigenvalue weighted by atomic mass is 10.2. The van der Waals surface area contributed by atoms with E-state index in [0.29, 0.717) is 12.1 Å². The molecule has 1 aliphatic rings. The minimum Gasteiger partial charge on any atom is -0.497 e. The van der Waals surface area contributed by atoms with Gasteiger partial charge in [-0.15, -0.1) is 0 Å². The van der Waals surface area contributed by atoms with Crippen LogP contribution in [0.5, 0.6) is 5.75 Å². The largest absolute Gasteiger partial charge is 0.497 e. The fourth-order valence-corrected chi connectivity index (χ4v) is 3.63. The van der Waals surface area contributed by atoms with Gasteiger partial charge in [-0.1, -0.05) is 0 Å². The number of hydrogen-bond donors (Lipinski definition) is 1. The summed E-state index contributed by atoms with van der Waals surface area (Å²) in [5, 5.41) is 8.91. The smallest absolute Gasteiger partial charge is 0.416 e. The van der Waals surface area contributed by atoms with E-state index in [0.717, 1.165) is 17.5 Å². The number of hydrogen-bond acceptors (Lipinski definition) is 5. The molecule has 7 nitrogen and oxygen atoms in total. The van der Waals surface area contributed by atoms with Crippen molar-refractivity contribution in [3.8, 4) is 5.75 Å². The van der Waals surface area contributed by atoms with Crippen LogP contribution < -0.4 is 4.74 Å². The summed E-state index contributed by atoms with van der Waals surface area (Å²) in [7, 11) is -3.22. The lowest BCUT2D eigenvalue weighted by Gasteiger charge is -2.30. The molecule has 1 N–H and O–H groups in total. The van der Waals surface area contributed by atoms with E-state index < -0.39 is 45.3 Å². The number of carboxylic acids is 1. The molecule has 1 aromatic carbocycles. The maximum absolute atomic E-state index is 12.9. The van der Waals surface area contributed by atoms with Crippen LogP contribution in [0.3, 0.4) is 0 Å². The van der Waals surface area contributed by atoms with Gasteiger partial charge in [0.25, 0.3) is 0 Å². The first-order valence-electron chi connectivity index (χ1n) is 6.66. The van der Waals surface area contributed by atoms with Crippen molar-refractivity contribution in [3.63, 3.8) is 0 Å². The Kier molecular flexibility index (Phi) is 5.06. The molecule has 1 fully saturated rings. The first kappa shape index (κ1) is 18.5. The zero-order valence-corrected chi connectivity index (χ0v) is 13.2. The van der Waals surface area contributed by atoms with E-state index in [2.05, 4.69) is 0 Å². The van der Waals surface area contributed by atoms with Gasteiger partial charge >= 0.3 is 12.1 Å². The summed E-state index contributed by atoms with van der Waals surface area (Å²) < 4.78 is 74.3. The Morgan fingerprint density at radius 1 is 1.38 bits per heavy atom. The van der Waals surface area contributed by atoms with E-state index in [9.17, 15) is 26.4 Å². The standard InChI is InChI=1S/C13H14F3NO6S/c1-22-9-4-8(13(14,15)16)5-10(6-9)24(20,21)17-2-3-23-11(7-17)12(18)19/h4-6,11H,2-3,7H2,1H3,(H,18,19). The van der Waals surface area contributed by atoms with E-state index in [4.69, 9.17) is 14.6 Å². The van der Waals surface area contributed by atoms with Crippen molar-refractivity contribution in [1.82, 2.24) is 4.31 Å². The molecular formula is C13H14F3NO6S. The minimum atomic E-state index is -4.76. The predicted octanol–water partition coefficient (Wildman–Crippen LogP) is 1.19. The first-order chi connectivity index (χ1) is 11.1. The zero-order chi connectivity index (χ0) is 18.1. The van der Waals surface area contributed by atoms with E-state index in [1.54, 1.807) is 0 Å². The zero-order valence-electron chi connectivity index (χ0n) is 12.4. The van der Waals surface area contributed by atoms with Gasteiger partial charge in [0.2, 0.25) is 10.0 Å². The Hall–Kier alpha value is -1.85. The number of carboxylic acid groups (broad SMARTS) is 1. The summed E-state index contributed by atoms with van der Waals surface area (Å²) in [6.45, 7) is -0.826. The van der Waals surface area contributed by atoms with Crippen LogP contribution in [0.2, 0.25) is 0 Å². The number of methoxy groups -OCH3 is 1. The third kappa shape index (κ3) is 3.79. The van der Waals surface area contributed by atoms with Crippen LogP contribution in [0.25, 0.3) is 0 Å². The number of halogens is 3. The van der Waals surface area contributed by atoms with Gasteiger partial charge in [-0.05, 0) is 12.1 Å². The molecule has 134 valence electrons. The molecule has 1 aliphatic heterocycles. The Morgan fingerprint density at radius 2 is 2.04 bits per heavy atom. The SMILES string of the molecule is COc1cc(C(F)(F)F)cc(S(=O)(=O)N2CCOC(C(=O)O)C2)c1. The van der Waals surface area contributed by atoms with Crippen LogP contribution >= 0.6 is 0 Å². The molecule has 1 saturated heterocycles. The van der Waals surface area contributed by atoms with Crippen molar-refractivity contribution in [1.29, 1.82) is 0 Å². The maximum Gasteiger partial charge on any atom is 0.416 e. The predicted molar refractivity (Wildman–Crippen MR) is 74.1 cm³/mol. The van der Waals surface area contributed by atoms with Crippen LogP contribution in [0.1, 0.15) is 5.56 Å². The second-order valence-corrected chi connectivity index (χ2v) is 6.89. The molecule has 0 spiro atoms. The minimum absolute atomic E-state index is 0.162. The second-order valence-electron chi connectivity index (χ2n) is 4.96. The average Bonchev–Trinajstić information content (AvgIpc) is 2.53. The number of benzene rings is 1. The van der Waals surface area contributed by atoms with Gasteiger partial charge in [-0.25, -0.2) is 13.2 Å². The van der Waals surface area contributed by atoms with Crippen LogP contribution in [-0.2, 0) is 25.7 Å². The number of nitrogens with zero attached hydrogens (tertiary/aromatic N) is 1. The van der Waals surface area contributed by atoms with Crippen molar-refractivity contribution in [3.05, 3.63) is 23.8 Å². The summed E-state index contributed by atoms with van der Waals surface area (Å²) in [5.41, 5.74) is -1.18. The summed E-state index contributed by atoms with van der Waals surface area (Å²) in [5.74, 6) is -1.62. The molecule has 1 atom stereocenters. The van der Waals surface area contributed by atoms with E-state index in [1.807, 2.05) is 0 Å². The molecule has 1 aromatic rings. The Morgan fingerprint density at radius 3 is 2.58 bits per heavy atom. The van der Waals surface area contributed by atoms with Crippen LogP contribution in [0.4, 0.5) is 13.2 Å². The normalized spacial score (nSPS) is 19.9. The van der Waals surface area contributed by atoms with Crippen LogP contribution in [-0.4, -0.2) is 56.7 Å². The first-order valence-corrected chi connectivity index (χ1v) is 8.10. The summed E-state index contributed by atoms with van der Waals surface area (Å²) in [4.78, 5) is 10.3. The molecule has 0 saturated carbocycles. The van der Waals surface area contributed by atoms with Crippen LogP contribution in [0, 0.1) is 0 Å². The topological polar surface area (TPSA) is 93.1 Å². The Bertz CT molecular complexity index is 734. The van der Waals surface area contributed by atoms with Crippen molar-refractivity contribution in [2.45, 2.75) is 17.2 Å². The van der Waals surface area contributed by atoms with Gasteiger partial charge in [0, 0.05) is 12.6 Å². The molecule has 0 aliphatic carbocycles. The third-order valence-corrected chi connectivity index (χ3v) is 5.23. The summed E-state index contributed by atoms with van der Waals surface area (Å²) in [6, 6.07) is 2.12. The van der Waals surface area contributed by atoms with E-state index in [1.165, 1.54) is 0 Å². The van der Waals surface area contributed by atoms with Gasteiger partial charge < -0.3 is 14.6 Å². The number of ether oxygens (including phenoxy) is 2. The van der Waals surface area contributed by atoms with Gasteiger partial charge in [-0.3, -0.25) is 0 Å². The molecule has 0 radical (unpaired) electrons. The highest BCUT2D eigenvalue weighted by Gasteiger charge is 2.37. The van der Waals surface area contributed by atoms with E-state index >= 15 is 0 Å². The van der Waals surface area contributed by atoms with Crippen molar-refractivity contribution < 1.29 is 41.0 Å². The van der Waals surface area contributed by atoms with Gasteiger partial charge in [-0.2, -0.15) is 17.5 Å². The highest BCUT2D eigenvalue weighted by Crippen LogP contribution is 2.34. The molecule has 0 amide bonds. The molecule has 1 heterocycles. The van der Waals surface area contributed by atoms with Crippen molar-refractivity contribution in [2.75, 3.05) is 26.8 Å². The van der Waals surface area contributed by atoms with Crippen molar-refractivity contribution >= 4 is 16.0 Å². The van der Waals surface area contributed by atoms with Crippen molar-refractivity contribution in [2.24, 2.45) is 0 Å². The number of rotatable bonds is 4. The number of alkyl halides is 3. The number of morpholine rings is 1. The fourth-order valence-electron chi connectivity index (χ4n) is 2.14. The average molecular weight is 369 g/mol. The molecule has 0 bridgehead atoms. The molecule has 2 rings (SSSR count). The second kappa shape index (κ2) is 6.57. The molecular weight excluding hydrogens is 355 g/mol. The summed E-state index contributed by atoms with van der Waals surface area (Å²) in [6.07, 6.45) is -6.13. The molecule has 0 aromatic heterocycles. The number of sulfonamides is 1. The highest BCUT2D eigenvalue weighted by atomic mass is 32.2. The lowest BCUT2D eigenvalue weighted by Crippen LogP contribution is -2.48. The Balaban J connectivity index is 2.43. The molecule has 1 unspecified atom stereocenters. The Labute approximate surface area is 135 Å². The maximum atomic E-state index is 12.9. The van der Waals surface area contributed by atoms with Gasteiger partial charge in [0.15, 0.2) is 6.10 Å². The molecule has 11 heteroatoms. The van der Waals surface area contributed by atoms with Crippen LogP contribution in [0.15, 0.2) is 23.1 Å². The van der Waals surface area contributed by atoms with E-state index in [-0.39, 0.29) is 18.9 Å². The third-order valence-electron chi connectivity index (χ3n) is 3.39. The fraction of sp³-hybridized carbons (Fsp3) is 0.462. The number of aliphatic carboxylic acids is 1. The number of carbonyl (C=O) groups is 1. The van der Waals surface area contributed by atoms with Gasteiger partial charge in [0.1, 0.15) is 5.75 Å². The lowest BCUT2D eigenvalue weighted by molar-refractivity contribution is -0.153. The van der Waals surface area contributed by atoms with Gasteiger partial charge in [0.05, 0.1) is 30.7 Å². The monoisotopic (exact) mass is 369 g/mol. The summed E-state index contributed by atoms with van der Waals surface area (Å²) >= 11 is 0. The quantitative estimate of drug-likeness (QED) is 0.857. The highest BCUT2D eigenvalue weighted by molar-refractivity contribution is 7.89. The molecule has 24 heavy (non-hydrogen) atoms.